The van der Waals surface area contributed by atoms with Crippen LogP contribution >= 0.6 is 0 Å². The number of rotatable bonds is 5. The number of amides is 1. The number of hydrogen-bond donors (Lipinski definition) is 2. The molecule has 0 fully saturated rings. The third kappa shape index (κ3) is 3.46. The number of pyridine rings is 1. The Bertz CT molecular complexity index is 1020. The highest BCUT2D eigenvalue weighted by molar-refractivity contribution is 5.92. The van der Waals surface area contributed by atoms with E-state index in [1.54, 1.807) is 43.1 Å². The molecule has 3 rings (SSSR count). The molecule has 0 aliphatic heterocycles. The van der Waals surface area contributed by atoms with Gasteiger partial charge in [0.15, 0.2) is 0 Å². The van der Waals surface area contributed by atoms with Gasteiger partial charge in [0, 0.05) is 30.1 Å². The zero-order valence-electron chi connectivity index (χ0n) is 15.3. The van der Waals surface area contributed by atoms with Gasteiger partial charge in [-0.1, -0.05) is 13.8 Å². The Balaban J connectivity index is 1.81. The Morgan fingerprint density at radius 1 is 1.31 bits per heavy atom. The Hall–Kier alpha value is -3.09. The maximum absolute atomic E-state index is 12.4. The molecule has 7 nitrogen and oxygen atoms in total. The van der Waals surface area contributed by atoms with E-state index < -0.39 is 0 Å². The molecule has 2 heterocycles. The van der Waals surface area contributed by atoms with E-state index in [-0.39, 0.29) is 23.9 Å². The van der Waals surface area contributed by atoms with Crippen molar-refractivity contribution in [3.63, 3.8) is 0 Å². The third-order valence-electron chi connectivity index (χ3n) is 4.29. The monoisotopic (exact) mass is 354 g/mol. The van der Waals surface area contributed by atoms with Crippen molar-refractivity contribution in [1.29, 1.82) is 0 Å². The molecule has 7 heteroatoms. The van der Waals surface area contributed by atoms with Gasteiger partial charge in [0.2, 0.25) is 0 Å². The standard InChI is InChI=1S/C19H22N4O3/c1-11(2)16-9-17(23(3)22-16)19(25)20-10-13-7-12-8-14(26-4)5-6-15(12)21-18(13)24/h5-9,11H,10H2,1-4H3,(H,20,25)(H,21,24). The molecule has 0 saturated carbocycles. The van der Waals surface area contributed by atoms with Crippen LogP contribution in [0.15, 0.2) is 35.1 Å². The second-order valence-corrected chi connectivity index (χ2v) is 6.49. The van der Waals surface area contributed by atoms with Crippen LogP contribution in [0.2, 0.25) is 0 Å². The highest BCUT2D eigenvalue weighted by Gasteiger charge is 2.15. The number of aromatic amines is 1. The first-order chi connectivity index (χ1) is 12.4. The summed E-state index contributed by atoms with van der Waals surface area (Å²) in [5.41, 5.74) is 2.29. The number of nitrogens with one attached hydrogen (secondary N) is 2. The fraction of sp³-hybridized carbons (Fsp3) is 0.316. The maximum atomic E-state index is 12.4. The number of aromatic nitrogens is 3. The van der Waals surface area contributed by atoms with E-state index in [2.05, 4.69) is 15.4 Å². The van der Waals surface area contributed by atoms with Gasteiger partial charge in [-0.3, -0.25) is 14.3 Å². The van der Waals surface area contributed by atoms with Gasteiger partial charge in [-0.15, -0.1) is 0 Å². The second-order valence-electron chi connectivity index (χ2n) is 6.49. The van der Waals surface area contributed by atoms with Crippen LogP contribution in [0.25, 0.3) is 10.9 Å². The predicted octanol–water partition coefficient (Wildman–Crippen LogP) is 2.32. The van der Waals surface area contributed by atoms with Crippen molar-refractivity contribution in [2.24, 2.45) is 7.05 Å². The summed E-state index contributed by atoms with van der Waals surface area (Å²) in [6.07, 6.45) is 0. The molecular weight excluding hydrogens is 332 g/mol. The molecule has 1 aromatic carbocycles. The van der Waals surface area contributed by atoms with Crippen LogP contribution in [-0.4, -0.2) is 27.8 Å². The van der Waals surface area contributed by atoms with Crippen molar-refractivity contribution in [2.45, 2.75) is 26.3 Å². The van der Waals surface area contributed by atoms with Crippen molar-refractivity contribution >= 4 is 16.8 Å². The van der Waals surface area contributed by atoms with Crippen molar-refractivity contribution in [3.8, 4) is 5.75 Å². The number of benzene rings is 1. The summed E-state index contributed by atoms with van der Waals surface area (Å²) in [5, 5.41) is 7.97. The number of carbonyl (C=O) groups is 1. The fourth-order valence-electron chi connectivity index (χ4n) is 2.74. The number of H-pyrrole nitrogens is 1. The number of nitrogens with zero attached hydrogens (tertiary/aromatic N) is 2. The average Bonchev–Trinajstić information content (AvgIpc) is 3.01. The first-order valence-corrected chi connectivity index (χ1v) is 8.41. The molecule has 0 saturated heterocycles. The second kappa shape index (κ2) is 7.03. The smallest absolute Gasteiger partial charge is 0.269 e. The number of ether oxygens (including phenoxy) is 1. The molecule has 3 aromatic rings. The lowest BCUT2D eigenvalue weighted by Crippen LogP contribution is -2.28. The van der Waals surface area contributed by atoms with Gasteiger partial charge in [-0.2, -0.15) is 5.10 Å². The lowest BCUT2D eigenvalue weighted by atomic mass is 10.1. The zero-order valence-corrected chi connectivity index (χ0v) is 15.3. The minimum absolute atomic E-state index is 0.128. The molecule has 136 valence electrons. The van der Waals surface area contributed by atoms with Crippen molar-refractivity contribution in [3.05, 3.63) is 57.6 Å². The quantitative estimate of drug-likeness (QED) is 0.736. The molecule has 2 N–H and O–H groups in total. The van der Waals surface area contributed by atoms with Crippen LogP contribution in [0.4, 0.5) is 0 Å². The van der Waals surface area contributed by atoms with Gasteiger partial charge in [0.1, 0.15) is 11.4 Å². The van der Waals surface area contributed by atoms with Gasteiger partial charge in [0.05, 0.1) is 12.8 Å². The van der Waals surface area contributed by atoms with Crippen molar-refractivity contribution < 1.29 is 9.53 Å². The molecule has 0 bridgehead atoms. The maximum Gasteiger partial charge on any atom is 0.269 e. The Morgan fingerprint density at radius 3 is 2.73 bits per heavy atom. The van der Waals surface area contributed by atoms with Gasteiger partial charge >= 0.3 is 0 Å². The predicted molar refractivity (Wildman–Crippen MR) is 99.6 cm³/mol. The molecule has 26 heavy (non-hydrogen) atoms. The lowest BCUT2D eigenvalue weighted by Gasteiger charge is -2.07. The molecule has 2 aromatic heterocycles. The Labute approximate surface area is 151 Å². The van der Waals surface area contributed by atoms with E-state index in [1.165, 1.54) is 0 Å². The summed E-state index contributed by atoms with van der Waals surface area (Å²) in [6, 6.07) is 8.96. The summed E-state index contributed by atoms with van der Waals surface area (Å²) >= 11 is 0. The van der Waals surface area contributed by atoms with Crippen LogP contribution in [0.1, 0.15) is 41.5 Å². The molecule has 0 radical (unpaired) electrons. The van der Waals surface area contributed by atoms with E-state index in [0.29, 0.717) is 17.0 Å². The number of hydrogen-bond acceptors (Lipinski definition) is 4. The lowest BCUT2D eigenvalue weighted by molar-refractivity contribution is 0.0941. The molecule has 0 aliphatic carbocycles. The van der Waals surface area contributed by atoms with Crippen molar-refractivity contribution in [2.75, 3.05) is 7.11 Å². The minimum atomic E-state index is -0.267. The average molecular weight is 354 g/mol. The van der Waals surface area contributed by atoms with E-state index in [0.717, 1.165) is 16.6 Å². The number of aryl methyl sites for hydroxylation is 1. The van der Waals surface area contributed by atoms with E-state index in [4.69, 9.17) is 4.74 Å². The van der Waals surface area contributed by atoms with E-state index >= 15 is 0 Å². The van der Waals surface area contributed by atoms with Gasteiger partial charge in [-0.25, -0.2) is 0 Å². The molecule has 0 unspecified atom stereocenters. The van der Waals surface area contributed by atoms with Crippen LogP contribution in [0.3, 0.4) is 0 Å². The third-order valence-corrected chi connectivity index (χ3v) is 4.29. The van der Waals surface area contributed by atoms with Crippen LogP contribution in [-0.2, 0) is 13.6 Å². The topological polar surface area (TPSA) is 89.0 Å². The largest absolute Gasteiger partial charge is 0.497 e. The van der Waals surface area contributed by atoms with Gasteiger partial charge < -0.3 is 15.0 Å². The molecular formula is C19H22N4O3. The summed E-state index contributed by atoms with van der Waals surface area (Å²) in [4.78, 5) is 27.5. The Morgan fingerprint density at radius 2 is 2.08 bits per heavy atom. The normalized spacial score (nSPS) is 11.1. The SMILES string of the molecule is COc1ccc2[nH]c(=O)c(CNC(=O)c3cc(C(C)C)nn3C)cc2c1. The first kappa shape index (κ1) is 17.7. The summed E-state index contributed by atoms with van der Waals surface area (Å²) in [5.74, 6) is 0.675. The van der Waals surface area contributed by atoms with Crippen molar-refractivity contribution in [1.82, 2.24) is 20.1 Å². The molecule has 1 amide bonds. The minimum Gasteiger partial charge on any atom is -0.497 e. The van der Waals surface area contributed by atoms with Gasteiger partial charge in [-0.05, 0) is 36.2 Å². The number of carbonyl (C=O) groups excluding carboxylic acids is 1. The number of methoxy groups -OCH3 is 1. The molecule has 0 aliphatic rings. The highest BCUT2D eigenvalue weighted by Crippen LogP contribution is 2.19. The van der Waals surface area contributed by atoms with Crippen LogP contribution < -0.4 is 15.6 Å². The zero-order chi connectivity index (χ0) is 18.8. The van der Waals surface area contributed by atoms with Gasteiger partial charge in [0.25, 0.3) is 11.5 Å². The van der Waals surface area contributed by atoms with Crippen LogP contribution in [0.5, 0.6) is 5.75 Å². The Kier molecular flexibility index (Phi) is 4.79. The van der Waals surface area contributed by atoms with E-state index in [1.807, 2.05) is 19.9 Å². The fourth-order valence-corrected chi connectivity index (χ4v) is 2.74. The highest BCUT2D eigenvalue weighted by atomic mass is 16.5. The molecule has 0 spiro atoms. The van der Waals surface area contributed by atoms with Crippen LogP contribution in [0, 0.1) is 0 Å². The molecule has 0 atom stereocenters. The first-order valence-electron chi connectivity index (χ1n) is 8.41. The number of fused-ring (bicyclic) bond motifs is 1. The summed E-state index contributed by atoms with van der Waals surface area (Å²) in [6.45, 7) is 4.17. The summed E-state index contributed by atoms with van der Waals surface area (Å²) < 4.78 is 6.77. The summed E-state index contributed by atoms with van der Waals surface area (Å²) in [7, 11) is 3.32. The van der Waals surface area contributed by atoms with E-state index in [9.17, 15) is 9.59 Å².